The molecule has 0 aromatic heterocycles. The van der Waals surface area contributed by atoms with Crippen molar-refractivity contribution in [2.45, 2.75) is 33.2 Å². The number of unbranched alkanes of at least 4 members (excludes halogenated alkanes) is 1. The summed E-state index contributed by atoms with van der Waals surface area (Å²) in [5, 5.41) is 2.27. The Bertz CT molecular complexity index is 466. The number of amides is 1. The van der Waals surface area contributed by atoms with Crippen LogP contribution in [0.2, 0.25) is 0 Å². The van der Waals surface area contributed by atoms with Crippen molar-refractivity contribution in [2.75, 3.05) is 19.8 Å². The first-order valence-electron chi connectivity index (χ1n) is 7.26. The minimum atomic E-state index is -0.509. The van der Waals surface area contributed by atoms with E-state index >= 15 is 0 Å². The largest absolute Gasteiger partial charge is 0.490 e. The molecular formula is C15H24BrN2O3+. The molecule has 0 unspecified atom stereocenters. The number of hydrogen-bond acceptors (Lipinski definition) is 3. The van der Waals surface area contributed by atoms with E-state index in [9.17, 15) is 4.79 Å². The highest BCUT2D eigenvalue weighted by Gasteiger charge is 2.12. The van der Waals surface area contributed by atoms with Crippen LogP contribution in [0, 0.1) is 0 Å². The van der Waals surface area contributed by atoms with E-state index in [-0.39, 0.29) is 6.61 Å². The van der Waals surface area contributed by atoms with Crippen molar-refractivity contribution in [2.24, 2.45) is 5.73 Å². The van der Waals surface area contributed by atoms with Crippen LogP contribution >= 0.6 is 15.9 Å². The van der Waals surface area contributed by atoms with Gasteiger partial charge in [0.25, 0.3) is 5.91 Å². The van der Waals surface area contributed by atoms with E-state index in [2.05, 4.69) is 28.2 Å². The molecule has 21 heavy (non-hydrogen) atoms. The highest BCUT2D eigenvalue weighted by atomic mass is 79.9. The zero-order valence-corrected chi connectivity index (χ0v) is 14.2. The number of carbonyl (C=O) groups excluding carboxylic acids is 1. The van der Waals surface area contributed by atoms with E-state index in [0.717, 1.165) is 23.1 Å². The van der Waals surface area contributed by atoms with Crippen molar-refractivity contribution in [1.29, 1.82) is 0 Å². The van der Waals surface area contributed by atoms with Gasteiger partial charge in [-0.15, -0.1) is 0 Å². The number of halogens is 1. The molecule has 0 fully saturated rings. The SMILES string of the molecule is CCCC[NH2+]Cc1cc(OCC)c(OCC(N)=O)cc1Br. The first-order chi connectivity index (χ1) is 10.1. The topological polar surface area (TPSA) is 78.2 Å². The second kappa shape index (κ2) is 9.63. The van der Waals surface area contributed by atoms with E-state index in [4.69, 9.17) is 15.2 Å². The molecular weight excluding hydrogens is 336 g/mol. The monoisotopic (exact) mass is 359 g/mol. The average Bonchev–Trinajstić information content (AvgIpc) is 2.44. The van der Waals surface area contributed by atoms with Crippen molar-refractivity contribution in [1.82, 2.24) is 0 Å². The van der Waals surface area contributed by atoms with Gasteiger partial charge in [0.05, 0.1) is 13.2 Å². The number of hydrogen-bond donors (Lipinski definition) is 2. The molecule has 0 aliphatic carbocycles. The molecule has 5 nitrogen and oxygen atoms in total. The van der Waals surface area contributed by atoms with Crippen LogP contribution in [-0.4, -0.2) is 25.7 Å². The van der Waals surface area contributed by atoms with Gasteiger partial charge in [-0.05, 0) is 25.5 Å². The summed E-state index contributed by atoms with van der Waals surface area (Å²) in [6.45, 7) is 6.44. The molecule has 0 spiro atoms. The second-order valence-corrected chi connectivity index (χ2v) is 5.57. The van der Waals surface area contributed by atoms with Crippen LogP contribution in [0.25, 0.3) is 0 Å². The van der Waals surface area contributed by atoms with Crippen LogP contribution in [-0.2, 0) is 11.3 Å². The number of quaternary nitrogens is 1. The summed E-state index contributed by atoms with van der Waals surface area (Å²) in [6, 6.07) is 3.78. The fourth-order valence-electron chi connectivity index (χ4n) is 1.87. The van der Waals surface area contributed by atoms with Crippen LogP contribution in [0.1, 0.15) is 32.3 Å². The summed E-state index contributed by atoms with van der Waals surface area (Å²) in [6.07, 6.45) is 2.40. The summed E-state index contributed by atoms with van der Waals surface area (Å²) in [5.41, 5.74) is 6.24. The normalized spacial score (nSPS) is 10.4. The highest BCUT2D eigenvalue weighted by Crippen LogP contribution is 2.33. The molecule has 1 rings (SSSR count). The van der Waals surface area contributed by atoms with Gasteiger partial charge in [0.2, 0.25) is 0 Å². The third-order valence-corrected chi connectivity index (χ3v) is 3.65. The van der Waals surface area contributed by atoms with Gasteiger partial charge >= 0.3 is 0 Å². The first kappa shape index (κ1) is 17.8. The third kappa shape index (κ3) is 6.35. The Balaban J connectivity index is 2.81. The van der Waals surface area contributed by atoms with E-state index in [1.54, 1.807) is 0 Å². The molecule has 6 heteroatoms. The standard InChI is InChI=1S/C15H23BrN2O3/c1-3-5-6-18-9-11-7-13(20-4-2)14(8-12(11)16)21-10-15(17)19/h7-8,18H,3-6,9-10H2,1-2H3,(H2,17,19)/p+1. The number of primary amides is 1. The predicted molar refractivity (Wildman–Crippen MR) is 85.4 cm³/mol. The lowest BCUT2D eigenvalue weighted by Crippen LogP contribution is -2.82. The molecule has 118 valence electrons. The van der Waals surface area contributed by atoms with Crippen LogP contribution in [0.4, 0.5) is 0 Å². The Morgan fingerprint density at radius 2 is 2.00 bits per heavy atom. The van der Waals surface area contributed by atoms with Crippen molar-refractivity contribution >= 4 is 21.8 Å². The lowest BCUT2D eigenvalue weighted by Gasteiger charge is -2.14. The molecule has 0 atom stereocenters. The van der Waals surface area contributed by atoms with Gasteiger partial charge in [-0.1, -0.05) is 29.3 Å². The Morgan fingerprint density at radius 3 is 2.62 bits per heavy atom. The van der Waals surface area contributed by atoms with Gasteiger partial charge < -0.3 is 20.5 Å². The van der Waals surface area contributed by atoms with Gasteiger partial charge in [-0.2, -0.15) is 0 Å². The van der Waals surface area contributed by atoms with Crippen molar-refractivity contribution in [3.8, 4) is 11.5 Å². The molecule has 1 aromatic carbocycles. The Kier molecular flexibility index (Phi) is 8.15. The zero-order chi connectivity index (χ0) is 15.7. The molecule has 0 aliphatic heterocycles. The Hall–Kier alpha value is -1.27. The molecule has 1 aromatic rings. The molecule has 0 heterocycles. The van der Waals surface area contributed by atoms with Gasteiger partial charge in [-0.3, -0.25) is 4.79 Å². The van der Waals surface area contributed by atoms with Gasteiger partial charge in [0.15, 0.2) is 18.1 Å². The highest BCUT2D eigenvalue weighted by molar-refractivity contribution is 9.10. The smallest absolute Gasteiger partial charge is 0.255 e. The molecule has 4 N–H and O–H groups in total. The molecule has 1 amide bonds. The maximum absolute atomic E-state index is 10.8. The van der Waals surface area contributed by atoms with Crippen molar-refractivity contribution in [3.63, 3.8) is 0 Å². The fourth-order valence-corrected chi connectivity index (χ4v) is 2.35. The predicted octanol–water partition coefficient (Wildman–Crippen LogP) is 1.58. The number of rotatable bonds is 10. The van der Waals surface area contributed by atoms with Crippen LogP contribution in [0.3, 0.4) is 0 Å². The average molecular weight is 360 g/mol. The number of nitrogens with two attached hydrogens (primary N) is 2. The molecule has 0 aliphatic rings. The molecule has 0 bridgehead atoms. The summed E-state index contributed by atoms with van der Waals surface area (Å²) in [4.78, 5) is 10.8. The minimum absolute atomic E-state index is 0.158. The second-order valence-electron chi connectivity index (χ2n) is 4.71. The van der Waals surface area contributed by atoms with Crippen molar-refractivity contribution < 1.29 is 19.6 Å². The van der Waals surface area contributed by atoms with Gasteiger partial charge in [-0.25, -0.2) is 0 Å². The Labute approximate surface area is 134 Å². The maximum atomic E-state index is 10.8. The van der Waals surface area contributed by atoms with Gasteiger partial charge in [0.1, 0.15) is 6.54 Å². The number of ether oxygens (including phenoxy) is 2. The fraction of sp³-hybridized carbons (Fsp3) is 0.533. The van der Waals surface area contributed by atoms with Crippen LogP contribution in [0.15, 0.2) is 16.6 Å². The molecule has 0 radical (unpaired) electrons. The number of carbonyl (C=O) groups is 1. The summed E-state index contributed by atoms with van der Waals surface area (Å²) < 4.78 is 11.9. The summed E-state index contributed by atoms with van der Waals surface area (Å²) >= 11 is 3.54. The van der Waals surface area contributed by atoms with Crippen LogP contribution < -0.4 is 20.5 Å². The lowest BCUT2D eigenvalue weighted by molar-refractivity contribution is -0.671. The van der Waals surface area contributed by atoms with Crippen LogP contribution in [0.5, 0.6) is 11.5 Å². The van der Waals surface area contributed by atoms with E-state index in [1.807, 2.05) is 19.1 Å². The van der Waals surface area contributed by atoms with Gasteiger partial charge in [0, 0.05) is 10.0 Å². The summed E-state index contributed by atoms with van der Waals surface area (Å²) in [7, 11) is 0. The summed E-state index contributed by atoms with van der Waals surface area (Å²) in [5.74, 6) is 0.659. The zero-order valence-electron chi connectivity index (χ0n) is 12.7. The Morgan fingerprint density at radius 1 is 1.29 bits per heavy atom. The van der Waals surface area contributed by atoms with E-state index < -0.39 is 5.91 Å². The quantitative estimate of drug-likeness (QED) is 0.622. The van der Waals surface area contributed by atoms with Crippen molar-refractivity contribution in [3.05, 3.63) is 22.2 Å². The first-order valence-corrected chi connectivity index (χ1v) is 8.05. The minimum Gasteiger partial charge on any atom is -0.490 e. The van der Waals surface area contributed by atoms with E-state index in [1.165, 1.54) is 12.8 Å². The number of benzene rings is 1. The third-order valence-electron chi connectivity index (χ3n) is 2.91. The maximum Gasteiger partial charge on any atom is 0.255 e. The van der Waals surface area contributed by atoms with E-state index in [0.29, 0.717) is 18.1 Å². The lowest BCUT2D eigenvalue weighted by atomic mass is 10.2. The molecule has 0 saturated carbocycles. The molecule has 0 saturated heterocycles.